The lowest BCUT2D eigenvalue weighted by molar-refractivity contribution is 0.0734. The summed E-state index contributed by atoms with van der Waals surface area (Å²) in [6, 6.07) is 10.3. The number of aryl methyl sites for hydroxylation is 1. The Morgan fingerprint density at radius 2 is 2.00 bits per heavy atom. The number of halogens is 1. The van der Waals surface area contributed by atoms with E-state index in [1.165, 1.54) is 11.6 Å². The van der Waals surface area contributed by atoms with Gasteiger partial charge in [-0.15, -0.1) is 0 Å². The summed E-state index contributed by atoms with van der Waals surface area (Å²) in [5.41, 5.74) is 9.86. The van der Waals surface area contributed by atoms with Crippen LogP contribution >= 0.6 is 0 Å². The molecule has 0 saturated carbocycles. The summed E-state index contributed by atoms with van der Waals surface area (Å²) in [6.45, 7) is 2.89. The molecule has 108 valence electrons. The Balaban J connectivity index is 1.85. The van der Waals surface area contributed by atoms with Crippen LogP contribution in [0.4, 0.5) is 10.1 Å². The fraction of sp³-hybridized carbons (Fsp3) is 0.235. The van der Waals surface area contributed by atoms with Crippen LogP contribution in [0.5, 0.6) is 0 Å². The van der Waals surface area contributed by atoms with Crippen molar-refractivity contribution in [3.8, 4) is 0 Å². The number of nitrogens with zero attached hydrogens (tertiary/aromatic N) is 1. The van der Waals surface area contributed by atoms with Crippen molar-refractivity contribution in [2.24, 2.45) is 0 Å². The quantitative estimate of drug-likeness (QED) is 0.818. The summed E-state index contributed by atoms with van der Waals surface area (Å²) in [7, 11) is 0. The van der Waals surface area contributed by atoms with Crippen LogP contribution in [-0.4, -0.2) is 17.4 Å². The van der Waals surface area contributed by atoms with E-state index in [-0.39, 0.29) is 11.7 Å². The van der Waals surface area contributed by atoms with Crippen LogP contribution in [0.3, 0.4) is 0 Å². The fourth-order valence-corrected chi connectivity index (χ4v) is 2.71. The Labute approximate surface area is 123 Å². The number of benzene rings is 2. The van der Waals surface area contributed by atoms with Gasteiger partial charge in [0.05, 0.1) is 0 Å². The van der Waals surface area contributed by atoms with E-state index in [0.29, 0.717) is 29.9 Å². The van der Waals surface area contributed by atoms with Gasteiger partial charge < -0.3 is 10.6 Å². The molecule has 2 aromatic carbocycles. The smallest absolute Gasteiger partial charge is 0.254 e. The van der Waals surface area contributed by atoms with E-state index in [1.54, 1.807) is 24.0 Å². The second kappa shape index (κ2) is 5.20. The van der Waals surface area contributed by atoms with Gasteiger partial charge in [-0.2, -0.15) is 0 Å². The highest BCUT2D eigenvalue weighted by Crippen LogP contribution is 2.23. The lowest BCUT2D eigenvalue weighted by Crippen LogP contribution is -2.36. The minimum absolute atomic E-state index is 0.0637. The molecule has 2 aromatic rings. The van der Waals surface area contributed by atoms with Crippen LogP contribution in [0.25, 0.3) is 0 Å². The van der Waals surface area contributed by atoms with E-state index in [4.69, 9.17) is 5.73 Å². The lowest BCUT2D eigenvalue weighted by Gasteiger charge is -2.29. The molecule has 4 heteroatoms. The third kappa shape index (κ3) is 2.61. The second-order valence-electron chi connectivity index (χ2n) is 5.47. The van der Waals surface area contributed by atoms with E-state index in [2.05, 4.69) is 0 Å². The minimum atomic E-state index is -0.289. The topological polar surface area (TPSA) is 46.3 Å². The monoisotopic (exact) mass is 284 g/mol. The predicted octanol–water partition coefficient (Wildman–Crippen LogP) is 2.91. The van der Waals surface area contributed by atoms with Gasteiger partial charge in [-0.05, 0) is 60.4 Å². The number of hydrogen-bond donors (Lipinski definition) is 1. The average Bonchev–Trinajstić information content (AvgIpc) is 2.48. The third-order valence-corrected chi connectivity index (χ3v) is 3.93. The Morgan fingerprint density at radius 1 is 1.19 bits per heavy atom. The summed E-state index contributed by atoms with van der Waals surface area (Å²) in [5.74, 6) is -0.352. The van der Waals surface area contributed by atoms with Gasteiger partial charge in [0.15, 0.2) is 0 Å². The summed E-state index contributed by atoms with van der Waals surface area (Å²) < 4.78 is 13.3. The van der Waals surface area contributed by atoms with Gasteiger partial charge in [-0.3, -0.25) is 4.79 Å². The molecule has 0 unspecified atom stereocenters. The summed E-state index contributed by atoms with van der Waals surface area (Å²) in [6.07, 6.45) is 0.821. The molecule has 2 N–H and O–H groups in total. The second-order valence-corrected chi connectivity index (χ2v) is 5.47. The van der Waals surface area contributed by atoms with Crippen LogP contribution < -0.4 is 5.73 Å². The van der Waals surface area contributed by atoms with Crippen LogP contribution in [0, 0.1) is 12.7 Å². The summed E-state index contributed by atoms with van der Waals surface area (Å²) >= 11 is 0. The Bertz CT molecular complexity index is 712. The predicted molar refractivity (Wildman–Crippen MR) is 80.4 cm³/mol. The third-order valence-electron chi connectivity index (χ3n) is 3.93. The van der Waals surface area contributed by atoms with E-state index in [9.17, 15) is 9.18 Å². The van der Waals surface area contributed by atoms with Gasteiger partial charge in [-0.25, -0.2) is 4.39 Å². The Kier molecular flexibility index (Phi) is 3.37. The Morgan fingerprint density at radius 3 is 2.76 bits per heavy atom. The molecule has 0 saturated heterocycles. The molecule has 0 spiro atoms. The molecule has 0 atom stereocenters. The first-order chi connectivity index (χ1) is 10.0. The van der Waals surface area contributed by atoms with E-state index < -0.39 is 0 Å². The van der Waals surface area contributed by atoms with E-state index >= 15 is 0 Å². The van der Waals surface area contributed by atoms with Gasteiger partial charge in [0.2, 0.25) is 0 Å². The van der Waals surface area contributed by atoms with Gasteiger partial charge in [-0.1, -0.05) is 6.07 Å². The van der Waals surface area contributed by atoms with Crippen LogP contribution in [-0.2, 0) is 13.0 Å². The van der Waals surface area contributed by atoms with Crippen molar-refractivity contribution >= 4 is 11.6 Å². The van der Waals surface area contributed by atoms with Crippen molar-refractivity contribution in [2.45, 2.75) is 19.9 Å². The number of rotatable bonds is 1. The number of amides is 1. The molecule has 0 radical (unpaired) electrons. The average molecular weight is 284 g/mol. The van der Waals surface area contributed by atoms with Crippen molar-refractivity contribution in [1.29, 1.82) is 0 Å². The lowest BCUT2D eigenvalue weighted by atomic mass is 9.98. The van der Waals surface area contributed by atoms with Crippen molar-refractivity contribution < 1.29 is 9.18 Å². The zero-order chi connectivity index (χ0) is 15.0. The molecule has 0 fully saturated rings. The Hall–Kier alpha value is -2.36. The number of fused-ring (bicyclic) bond motifs is 1. The molecular formula is C17H17FN2O. The molecular weight excluding hydrogens is 267 g/mol. The zero-order valence-corrected chi connectivity index (χ0v) is 11.9. The molecule has 1 heterocycles. The van der Waals surface area contributed by atoms with Crippen molar-refractivity contribution in [1.82, 2.24) is 4.90 Å². The number of carbonyl (C=O) groups excluding carboxylic acids is 1. The number of anilines is 1. The first kappa shape index (κ1) is 13.6. The number of carbonyl (C=O) groups is 1. The standard InChI is InChI=1S/C17H17FN2O/c1-11-8-13(3-5-16(11)18)17(21)20-7-6-12-2-4-15(19)9-14(12)10-20/h2-5,8-9H,6-7,10,19H2,1H3. The van der Waals surface area contributed by atoms with Crippen LogP contribution in [0.15, 0.2) is 36.4 Å². The number of nitrogen functional groups attached to an aromatic ring is 1. The molecule has 0 aromatic heterocycles. The van der Waals surface area contributed by atoms with E-state index in [0.717, 1.165) is 12.0 Å². The fourth-order valence-electron chi connectivity index (χ4n) is 2.71. The SMILES string of the molecule is Cc1cc(C(=O)N2CCc3ccc(N)cc3C2)ccc1F. The molecule has 0 bridgehead atoms. The van der Waals surface area contributed by atoms with Gasteiger partial charge in [0.1, 0.15) is 5.82 Å². The molecule has 21 heavy (non-hydrogen) atoms. The molecule has 3 nitrogen and oxygen atoms in total. The number of nitrogens with two attached hydrogens (primary N) is 1. The van der Waals surface area contributed by atoms with Crippen LogP contribution in [0.2, 0.25) is 0 Å². The van der Waals surface area contributed by atoms with Crippen molar-refractivity contribution in [3.05, 3.63) is 64.5 Å². The van der Waals surface area contributed by atoms with Gasteiger partial charge >= 0.3 is 0 Å². The number of hydrogen-bond acceptors (Lipinski definition) is 2. The maximum atomic E-state index is 13.3. The first-order valence-electron chi connectivity index (χ1n) is 6.97. The molecule has 1 aliphatic heterocycles. The van der Waals surface area contributed by atoms with Crippen molar-refractivity contribution in [2.75, 3.05) is 12.3 Å². The molecule has 1 aliphatic rings. The van der Waals surface area contributed by atoms with Crippen molar-refractivity contribution in [3.63, 3.8) is 0 Å². The molecule has 0 aliphatic carbocycles. The summed E-state index contributed by atoms with van der Waals surface area (Å²) in [4.78, 5) is 14.3. The largest absolute Gasteiger partial charge is 0.399 e. The summed E-state index contributed by atoms with van der Waals surface area (Å²) in [5, 5.41) is 0. The maximum absolute atomic E-state index is 13.3. The molecule has 3 rings (SSSR count). The highest BCUT2D eigenvalue weighted by atomic mass is 19.1. The first-order valence-corrected chi connectivity index (χ1v) is 6.97. The zero-order valence-electron chi connectivity index (χ0n) is 11.9. The van der Waals surface area contributed by atoms with Gasteiger partial charge in [0, 0.05) is 24.3 Å². The maximum Gasteiger partial charge on any atom is 0.254 e. The van der Waals surface area contributed by atoms with E-state index in [1.807, 2.05) is 18.2 Å². The highest BCUT2D eigenvalue weighted by Gasteiger charge is 2.22. The minimum Gasteiger partial charge on any atom is -0.399 e. The normalized spacial score (nSPS) is 13.9. The van der Waals surface area contributed by atoms with Gasteiger partial charge in [0.25, 0.3) is 5.91 Å². The highest BCUT2D eigenvalue weighted by molar-refractivity contribution is 5.94. The molecule has 1 amide bonds. The van der Waals surface area contributed by atoms with Crippen LogP contribution in [0.1, 0.15) is 27.0 Å².